The highest BCUT2D eigenvalue weighted by atomic mass is 32.2. The summed E-state index contributed by atoms with van der Waals surface area (Å²) in [4.78, 5) is 0. The minimum atomic E-state index is 0.729. The van der Waals surface area contributed by atoms with Gasteiger partial charge in [0.05, 0.1) is 7.11 Å². The molecule has 0 aliphatic carbocycles. The zero-order valence-corrected chi connectivity index (χ0v) is 7.80. The van der Waals surface area contributed by atoms with Crippen LogP contribution in [0.15, 0.2) is 24.3 Å². The number of aryl methyl sites for hydroxylation is 1. The number of hydrogen-bond acceptors (Lipinski definition) is 3. The van der Waals surface area contributed by atoms with Gasteiger partial charge in [0, 0.05) is 5.75 Å². The topological polar surface area (TPSA) is 29.5 Å². The first-order chi connectivity index (χ1) is 5.86. The van der Waals surface area contributed by atoms with Crippen LogP contribution in [0.5, 0.6) is 5.75 Å². The molecule has 12 heavy (non-hydrogen) atoms. The third-order valence-electron chi connectivity index (χ3n) is 1.62. The van der Waals surface area contributed by atoms with Crippen LogP contribution < -0.4 is 4.74 Å². The summed E-state index contributed by atoms with van der Waals surface area (Å²) in [5.74, 6) is 1.60. The molecule has 2 nitrogen and oxygen atoms in total. The monoisotopic (exact) mass is 184 g/mol. The molecule has 0 amide bonds. The van der Waals surface area contributed by atoms with Crippen LogP contribution in [-0.4, -0.2) is 17.4 Å². The van der Waals surface area contributed by atoms with Crippen molar-refractivity contribution in [2.75, 3.05) is 12.9 Å². The van der Waals surface area contributed by atoms with E-state index in [1.165, 1.54) is 5.56 Å². The van der Waals surface area contributed by atoms with E-state index < -0.39 is 0 Å². The second-order valence-corrected chi connectivity index (χ2v) is 3.10. The summed E-state index contributed by atoms with van der Waals surface area (Å²) in [6.45, 7) is 0. The molecule has 1 aromatic carbocycles. The second kappa shape index (κ2) is 5.06. The molecule has 0 heterocycles. The molecule has 0 bridgehead atoms. The predicted molar refractivity (Wildman–Crippen MR) is 51.8 cm³/mol. The van der Waals surface area contributed by atoms with Crippen molar-refractivity contribution in [3.05, 3.63) is 29.8 Å². The highest BCUT2D eigenvalue weighted by Gasteiger charge is 1.94. The maximum Gasteiger partial charge on any atom is 0.119 e. The number of rotatable bonds is 4. The van der Waals surface area contributed by atoms with Crippen LogP contribution in [-0.2, 0) is 6.42 Å². The van der Waals surface area contributed by atoms with E-state index >= 15 is 0 Å². The Morgan fingerprint density at radius 2 is 2.33 bits per heavy atom. The zero-order valence-electron chi connectivity index (χ0n) is 6.99. The van der Waals surface area contributed by atoms with Gasteiger partial charge in [0.25, 0.3) is 0 Å². The predicted octanol–water partition coefficient (Wildman–Crippen LogP) is 2.44. The summed E-state index contributed by atoms with van der Waals surface area (Å²) in [6.07, 6.45) is 0.873. The van der Waals surface area contributed by atoms with E-state index in [0.717, 1.165) is 30.0 Å². The van der Waals surface area contributed by atoms with Crippen LogP contribution in [0, 0.1) is 0 Å². The summed E-state index contributed by atoms with van der Waals surface area (Å²) in [6, 6.07) is 7.88. The first-order valence-electron chi connectivity index (χ1n) is 3.76. The maximum atomic E-state index is 8.54. The Labute approximate surface area is 76.8 Å². The fourth-order valence-corrected chi connectivity index (χ4v) is 1.32. The van der Waals surface area contributed by atoms with Crippen molar-refractivity contribution in [2.45, 2.75) is 6.42 Å². The normalized spacial score (nSPS) is 9.83. The van der Waals surface area contributed by atoms with Crippen molar-refractivity contribution in [3.63, 3.8) is 0 Å². The molecule has 0 atom stereocenters. The molecule has 0 aliphatic heterocycles. The van der Waals surface area contributed by atoms with E-state index in [4.69, 9.17) is 9.29 Å². The van der Waals surface area contributed by atoms with Gasteiger partial charge in [0.1, 0.15) is 5.75 Å². The first-order valence-corrected chi connectivity index (χ1v) is 4.70. The van der Waals surface area contributed by atoms with Crippen LogP contribution in [0.2, 0.25) is 0 Å². The van der Waals surface area contributed by atoms with E-state index in [-0.39, 0.29) is 0 Å². The fraction of sp³-hybridized carbons (Fsp3) is 0.333. The summed E-state index contributed by atoms with van der Waals surface area (Å²) >= 11 is 0.869. The molecule has 0 saturated carbocycles. The minimum absolute atomic E-state index is 0.729. The molecule has 1 aromatic rings. The molecular weight excluding hydrogens is 172 g/mol. The van der Waals surface area contributed by atoms with Gasteiger partial charge in [0.2, 0.25) is 0 Å². The average Bonchev–Trinajstić information content (AvgIpc) is 2.15. The Kier molecular flexibility index (Phi) is 3.97. The SMILES string of the molecule is COc1cccc(CCSO)c1. The third-order valence-corrected chi connectivity index (χ3v) is 2.00. The van der Waals surface area contributed by atoms with Crippen LogP contribution in [0.3, 0.4) is 0 Å². The quantitative estimate of drug-likeness (QED) is 0.729. The smallest absolute Gasteiger partial charge is 0.119 e. The lowest BCUT2D eigenvalue weighted by Crippen LogP contribution is -1.89. The Morgan fingerprint density at radius 1 is 1.50 bits per heavy atom. The van der Waals surface area contributed by atoms with Gasteiger partial charge in [-0.25, -0.2) is 0 Å². The largest absolute Gasteiger partial charge is 0.497 e. The van der Waals surface area contributed by atoms with Crippen molar-refractivity contribution < 1.29 is 9.29 Å². The van der Waals surface area contributed by atoms with Crippen molar-refractivity contribution in [2.24, 2.45) is 0 Å². The van der Waals surface area contributed by atoms with Gasteiger partial charge in [-0.1, -0.05) is 12.1 Å². The Bertz CT molecular complexity index is 238. The minimum Gasteiger partial charge on any atom is -0.497 e. The lowest BCUT2D eigenvalue weighted by atomic mass is 10.2. The first kappa shape index (κ1) is 9.42. The number of benzene rings is 1. The van der Waals surface area contributed by atoms with Gasteiger partial charge in [-0.15, -0.1) is 0 Å². The number of hydrogen-bond donors (Lipinski definition) is 1. The molecule has 0 aliphatic rings. The maximum absolute atomic E-state index is 8.54. The number of ether oxygens (including phenoxy) is 1. The zero-order chi connectivity index (χ0) is 8.81. The molecule has 0 saturated heterocycles. The van der Waals surface area contributed by atoms with E-state index in [1.807, 2.05) is 24.3 Å². The second-order valence-electron chi connectivity index (χ2n) is 2.43. The Hall–Kier alpha value is -0.670. The van der Waals surface area contributed by atoms with E-state index in [0.29, 0.717) is 0 Å². The van der Waals surface area contributed by atoms with Gasteiger partial charge >= 0.3 is 0 Å². The molecule has 3 heteroatoms. The molecule has 1 rings (SSSR count). The van der Waals surface area contributed by atoms with Crippen LogP contribution >= 0.6 is 12.0 Å². The van der Waals surface area contributed by atoms with E-state index in [9.17, 15) is 0 Å². The summed E-state index contributed by atoms with van der Waals surface area (Å²) in [5, 5.41) is 0. The van der Waals surface area contributed by atoms with Crippen molar-refractivity contribution in [3.8, 4) is 5.75 Å². The molecule has 66 valence electrons. The third kappa shape index (κ3) is 2.75. The number of methoxy groups -OCH3 is 1. The van der Waals surface area contributed by atoms with Crippen LogP contribution in [0.4, 0.5) is 0 Å². The van der Waals surface area contributed by atoms with Crippen molar-refractivity contribution in [1.82, 2.24) is 0 Å². The van der Waals surface area contributed by atoms with Gasteiger partial charge in [-0.05, 0) is 36.2 Å². The Morgan fingerprint density at radius 3 is 3.00 bits per heavy atom. The van der Waals surface area contributed by atoms with Gasteiger partial charge in [-0.2, -0.15) is 0 Å². The standard InChI is InChI=1S/C9H12O2S/c1-11-9-4-2-3-8(7-9)5-6-12-10/h2-4,7,10H,5-6H2,1H3. The highest BCUT2D eigenvalue weighted by molar-refractivity contribution is 7.93. The highest BCUT2D eigenvalue weighted by Crippen LogP contribution is 2.13. The van der Waals surface area contributed by atoms with Crippen LogP contribution in [0.25, 0.3) is 0 Å². The van der Waals surface area contributed by atoms with E-state index in [2.05, 4.69) is 0 Å². The summed E-state index contributed by atoms with van der Waals surface area (Å²) in [5.41, 5.74) is 1.19. The lowest BCUT2D eigenvalue weighted by molar-refractivity contribution is 0.414. The lowest BCUT2D eigenvalue weighted by Gasteiger charge is -2.02. The van der Waals surface area contributed by atoms with Crippen LogP contribution in [0.1, 0.15) is 5.56 Å². The molecule has 0 radical (unpaired) electrons. The fourth-order valence-electron chi connectivity index (χ4n) is 0.991. The van der Waals surface area contributed by atoms with Crippen molar-refractivity contribution in [1.29, 1.82) is 0 Å². The summed E-state index contributed by atoms with van der Waals surface area (Å²) < 4.78 is 13.6. The average molecular weight is 184 g/mol. The molecule has 1 N–H and O–H groups in total. The molecule has 0 fully saturated rings. The molecule has 0 spiro atoms. The van der Waals surface area contributed by atoms with Gasteiger partial charge < -0.3 is 9.29 Å². The van der Waals surface area contributed by atoms with Gasteiger partial charge in [0.15, 0.2) is 0 Å². The molecule has 0 unspecified atom stereocenters. The molecular formula is C9H12O2S. The Balaban J connectivity index is 2.60. The molecule has 0 aromatic heterocycles. The van der Waals surface area contributed by atoms with Crippen molar-refractivity contribution >= 4 is 12.0 Å². The van der Waals surface area contributed by atoms with Gasteiger partial charge in [-0.3, -0.25) is 0 Å². The summed E-state index contributed by atoms with van der Waals surface area (Å²) in [7, 11) is 1.65. The van der Waals surface area contributed by atoms with E-state index in [1.54, 1.807) is 7.11 Å².